The largest absolute Gasteiger partial charge is 0.420 e. The second-order valence-corrected chi connectivity index (χ2v) is 3.96. The molecule has 2 aromatic rings. The van der Waals surface area contributed by atoms with Gasteiger partial charge in [-0.25, -0.2) is 0 Å². The average molecular weight is 224 g/mol. The average Bonchev–Trinajstić information content (AvgIpc) is 2.87. The summed E-state index contributed by atoms with van der Waals surface area (Å²) in [6.07, 6.45) is 3.54. The topological polar surface area (TPSA) is 63.8 Å². The third-order valence-electron chi connectivity index (χ3n) is 1.93. The molecule has 2 aromatic heterocycles. The molecular formula is C9H12N4OS. The SMILES string of the molecule is CNCCCc1nnc(-c2cncs2)o1. The van der Waals surface area contributed by atoms with Gasteiger partial charge in [0.1, 0.15) is 4.88 Å². The highest BCUT2D eigenvalue weighted by atomic mass is 32.1. The molecule has 15 heavy (non-hydrogen) atoms. The standard InChI is InChI=1S/C9H12N4OS/c1-10-4-2-3-8-12-13-9(14-8)7-5-11-6-15-7/h5-6,10H,2-4H2,1H3. The van der Waals surface area contributed by atoms with E-state index in [9.17, 15) is 0 Å². The van der Waals surface area contributed by atoms with E-state index in [-0.39, 0.29) is 0 Å². The molecule has 2 heterocycles. The van der Waals surface area contributed by atoms with Crippen LogP contribution >= 0.6 is 11.3 Å². The molecule has 0 amide bonds. The first-order valence-electron chi connectivity index (χ1n) is 4.76. The zero-order chi connectivity index (χ0) is 10.5. The second-order valence-electron chi connectivity index (χ2n) is 3.07. The Morgan fingerprint density at radius 1 is 1.47 bits per heavy atom. The number of nitrogens with zero attached hydrogens (tertiary/aromatic N) is 3. The fourth-order valence-corrected chi connectivity index (χ4v) is 1.73. The minimum absolute atomic E-state index is 0.567. The maximum Gasteiger partial charge on any atom is 0.259 e. The van der Waals surface area contributed by atoms with Crippen LogP contribution in [-0.4, -0.2) is 28.8 Å². The maximum atomic E-state index is 5.50. The summed E-state index contributed by atoms with van der Waals surface area (Å²) in [4.78, 5) is 4.88. The monoisotopic (exact) mass is 224 g/mol. The van der Waals surface area contributed by atoms with Crippen molar-refractivity contribution in [2.45, 2.75) is 12.8 Å². The molecule has 6 heteroatoms. The summed E-state index contributed by atoms with van der Waals surface area (Å²) in [7, 11) is 1.93. The van der Waals surface area contributed by atoms with Crippen molar-refractivity contribution < 1.29 is 4.42 Å². The predicted octanol–water partition coefficient (Wildman–Crippen LogP) is 1.35. The fourth-order valence-electron chi connectivity index (χ4n) is 1.19. The zero-order valence-corrected chi connectivity index (χ0v) is 9.25. The Morgan fingerprint density at radius 3 is 3.13 bits per heavy atom. The van der Waals surface area contributed by atoms with Crippen molar-refractivity contribution in [1.82, 2.24) is 20.5 Å². The molecule has 0 atom stereocenters. The Kier molecular flexibility index (Phi) is 3.41. The number of aromatic nitrogens is 3. The minimum Gasteiger partial charge on any atom is -0.420 e. The van der Waals surface area contributed by atoms with Gasteiger partial charge in [0.2, 0.25) is 5.89 Å². The fraction of sp³-hybridized carbons (Fsp3) is 0.444. The number of aryl methyl sites for hydroxylation is 1. The van der Waals surface area contributed by atoms with E-state index in [1.165, 1.54) is 11.3 Å². The van der Waals surface area contributed by atoms with Gasteiger partial charge in [-0.2, -0.15) is 0 Å². The molecule has 0 aromatic carbocycles. The first-order valence-corrected chi connectivity index (χ1v) is 5.64. The lowest BCUT2D eigenvalue weighted by Crippen LogP contribution is -2.08. The van der Waals surface area contributed by atoms with E-state index >= 15 is 0 Å². The molecular weight excluding hydrogens is 212 g/mol. The van der Waals surface area contributed by atoms with E-state index < -0.39 is 0 Å². The third-order valence-corrected chi connectivity index (χ3v) is 2.69. The molecule has 0 unspecified atom stereocenters. The molecule has 0 saturated carbocycles. The van der Waals surface area contributed by atoms with E-state index in [2.05, 4.69) is 20.5 Å². The summed E-state index contributed by atoms with van der Waals surface area (Å²) in [5.41, 5.74) is 1.75. The van der Waals surface area contributed by atoms with Crippen LogP contribution in [0, 0.1) is 0 Å². The molecule has 0 aliphatic carbocycles. The molecule has 0 spiro atoms. The maximum absolute atomic E-state index is 5.50. The summed E-state index contributed by atoms with van der Waals surface area (Å²) in [6, 6.07) is 0. The molecule has 5 nitrogen and oxygen atoms in total. The van der Waals surface area contributed by atoms with Gasteiger partial charge in [0.25, 0.3) is 5.89 Å². The van der Waals surface area contributed by atoms with Crippen molar-refractivity contribution in [3.8, 4) is 10.8 Å². The van der Waals surface area contributed by atoms with Crippen LogP contribution in [0.1, 0.15) is 12.3 Å². The summed E-state index contributed by atoms with van der Waals surface area (Å²) < 4.78 is 5.50. The summed E-state index contributed by atoms with van der Waals surface area (Å²) >= 11 is 1.50. The minimum atomic E-state index is 0.567. The van der Waals surface area contributed by atoms with Crippen LogP contribution in [0.2, 0.25) is 0 Å². The molecule has 1 N–H and O–H groups in total. The first kappa shape index (κ1) is 10.3. The predicted molar refractivity (Wildman–Crippen MR) is 57.7 cm³/mol. The number of hydrogen-bond donors (Lipinski definition) is 1. The molecule has 0 radical (unpaired) electrons. The lowest BCUT2D eigenvalue weighted by Gasteiger charge is -1.93. The first-order chi connectivity index (χ1) is 7.40. The highest BCUT2D eigenvalue weighted by molar-refractivity contribution is 7.13. The zero-order valence-electron chi connectivity index (χ0n) is 8.43. The van der Waals surface area contributed by atoms with Crippen molar-refractivity contribution >= 4 is 11.3 Å². The number of hydrogen-bond acceptors (Lipinski definition) is 6. The van der Waals surface area contributed by atoms with E-state index in [0.717, 1.165) is 24.3 Å². The normalized spacial score (nSPS) is 10.7. The van der Waals surface area contributed by atoms with Crippen molar-refractivity contribution in [1.29, 1.82) is 0 Å². The number of rotatable bonds is 5. The second kappa shape index (κ2) is 4.99. The van der Waals surface area contributed by atoms with Crippen LogP contribution in [0.25, 0.3) is 10.8 Å². The summed E-state index contributed by atoms with van der Waals surface area (Å²) in [6.45, 7) is 0.957. The highest BCUT2D eigenvalue weighted by Gasteiger charge is 2.08. The van der Waals surface area contributed by atoms with Crippen LogP contribution in [0.3, 0.4) is 0 Å². The Hall–Kier alpha value is -1.27. The van der Waals surface area contributed by atoms with Crippen LogP contribution in [0.5, 0.6) is 0 Å². The van der Waals surface area contributed by atoms with Crippen LogP contribution in [0.4, 0.5) is 0 Å². The van der Waals surface area contributed by atoms with Gasteiger partial charge in [0.05, 0.1) is 11.7 Å². The molecule has 0 fully saturated rings. The van der Waals surface area contributed by atoms with Crippen molar-refractivity contribution in [2.24, 2.45) is 0 Å². The van der Waals surface area contributed by atoms with E-state index in [0.29, 0.717) is 11.8 Å². The lowest BCUT2D eigenvalue weighted by molar-refractivity contribution is 0.495. The summed E-state index contributed by atoms with van der Waals surface area (Å²) in [5, 5.41) is 11.0. The Balaban J connectivity index is 1.98. The number of thiazole rings is 1. The van der Waals surface area contributed by atoms with Gasteiger partial charge in [-0.3, -0.25) is 4.98 Å². The molecule has 0 aliphatic heterocycles. The molecule has 0 saturated heterocycles. The van der Waals surface area contributed by atoms with Crippen molar-refractivity contribution in [2.75, 3.05) is 13.6 Å². The van der Waals surface area contributed by atoms with Crippen molar-refractivity contribution in [3.63, 3.8) is 0 Å². The van der Waals surface area contributed by atoms with Gasteiger partial charge in [0, 0.05) is 6.42 Å². The van der Waals surface area contributed by atoms with Gasteiger partial charge in [-0.1, -0.05) is 0 Å². The van der Waals surface area contributed by atoms with Crippen LogP contribution in [-0.2, 0) is 6.42 Å². The van der Waals surface area contributed by atoms with Gasteiger partial charge < -0.3 is 9.73 Å². The Labute approximate surface area is 91.6 Å². The quantitative estimate of drug-likeness (QED) is 0.776. The van der Waals surface area contributed by atoms with E-state index in [1.54, 1.807) is 11.7 Å². The highest BCUT2D eigenvalue weighted by Crippen LogP contribution is 2.21. The Morgan fingerprint density at radius 2 is 2.40 bits per heavy atom. The van der Waals surface area contributed by atoms with E-state index in [1.807, 2.05) is 7.05 Å². The smallest absolute Gasteiger partial charge is 0.259 e. The Bertz CT molecular complexity index is 398. The molecule has 80 valence electrons. The van der Waals surface area contributed by atoms with Gasteiger partial charge in [0.15, 0.2) is 0 Å². The van der Waals surface area contributed by atoms with Gasteiger partial charge in [-0.15, -0.1) is 21.5 Å². The third kappa shape index (κ3) is 2.60. The van der Waals surface area contributed by atoms with Crippen LogP contribution in [0.15, 0.2) is 16.1 Å². The van der Waals surface area contributed by atoms with Crippen LogP contribution < -0.4 is 5.32 Å². The lowest BCUT2D eigenvalue weighted by atomic mass is 10.3. The van der Waals surface area contributed by atoms with Gasteiger partial charge in [-0.05, 0) is 20.0 Å². The van der Waals surface area contributed by atoms with Crippen molar-refractivity contribution in [3.05, 3.63) is 17.6 Å². The number of nitrogens with one attached hydrogen (secondary N) is 1. The van der Waals surface area contributed by atoms with Gasteiger partial charge >= 0.3 is 0 Å². The summed E-state index contributed by atoms with van der Waals surface area (Å²) in [5.74, 6) is 1.26. The van der Waals surface area contributed by atoms with E-state index in [4.69, 9.17) is 4.42 Å². The molecule has 0 bridgehead atoms. The molecule has 0 aliphatic rings. The molecule has 2 rings (SSSR count).